The summed E-state index contributed by atoms with van der Waals surface area (Å²) in [5, 5.41) is 4.72. The molecule has 0 saturated carbocycles. The van der Waals surface area contributed by atoms with Gasteiger partial charge in [0.1, 0.15) is 6.54 Å². The molecule has 7 heteroatoms. The number of hydrogen-bond acceptors (Lipinski definition) is 3. The van der Waals surface area contributed by atoms with Gasteiger partial charge in [0, 0.05) is 12.2 Å². The van der Waals surface area contributed by atoms with Crippen LogP contribution >= 0.6 is 0 Å². The number of rotatable bonds is 5. The van der Waals surface area contributed by atoms with Crippen LogP contribution in [0.2, 0.25) is 0 Å². The van der Waals surface area contributed by atoms with E-state index in [9.17, 15) is 18.0 Å². The summed E-state index contributed by atoms with van der Waals surface area (Å²) in [7, 11) is 0. The molecule has 0 aliphatic heterocycles. The molecule has 1 aromatic rings. The highest BCUT2D eigenvalue weighted by Crippen LogP contribution is 2.12. The number of carbonyl (C=O) groups excluding carboxylic acids is 1. The number of amides is 1. The van der Waals surface area contributed by atoms with E-state index in [0.717, 1.165) is 5.69 Å². The summed E-state index contributed by atoms with van der Waals surface area (Å²) in [6, 6.07) is 4.37. The lowest BCUT2D eigenvalue weighted by Crippen LogP contribution is -2.45. The minimum atomic E-state index is -4.40. The lowest BCUT2D eigenvalue weighted by Gasteiger charge is -2.19. The van der Waals surface area contributed by atoms with E-state index in [1.807, 2.05) is 5.32 Å². The molecule has 4 nitrogen and oxygen atoms in total. The van der Waals surface area contributed by atoms with Gasteiger partial charge in [-0.15, -0.1) is 0 Å². The quantitative estimate of drug-likeness (QED) is 0.861. The van der Waals surface area contributed by atoms with Gasteiger partial charge in [-0.25, -0.2) is 0 Å². The molecule has 2 atom stereocenters. The fraction of sp³-hybridized carbons (Fsp3) is 0.500. The Morgan fingerprint density at radius 2 is 2.05 bits per heavy atom. The van der Waals surface area contributed by atoms with Crippen molar-refractivity contribution < 1.29 is 18.0 Å². The minimum absolute atomic E-state index is 0.229. The van der Waals surface area contributed by atoms with Crippen molar-refractivity contribution in [3.8, 4) is 0 Å². The number of aromatic nitrogens is 1. The van der Waals surface area contributed by atoms with Crippen molar-refractivity contribution in [2.24, 2.45) is 0 Å². The molecule has 1 heterocycles. The molecular weight excluding hydrogens is 259 g/mol. The Kier molecular flexibility index (Phi) is 5.29. The van der Waals surface area contributed by atoms with Crippen molar-refractivity contribution in [2.45, 2.75) is 32.1 Å². The molecule has 0 fully saturated rings. The van der Waals surface area contributed by atoms with E-state index in [1.54, 1.807) is 31.3 Å². The van der Waals surface area contributed by atoms with Crippen molar-refractivity contribution >= 4 is 5.91 Å². The summed E-state index contributed by atoms with van der Waals surface area (Å²) in [5.74, 6) is -0.694. The molecule has 0 radical (unpaired) electrons. The zero-order chi connectivity index (χ0) is 14.5. The Labute approximate surface area is 109 Å². The molecule has 1 unspecified atom stereocenters. The number of nitrogens with zero attached hydrogens (tertiary/aromatic N) is 1. The molecule has 1 amide bonds. The van der Waals surface area contributed by atoms with Crippen LogP contribution in [0.1, 0.15) is 25.6 Å². The van der Waals surface area contributed by atoms with Gasteiger partial charge in [-0.05, 0) is 26.0 Å². The molecule has 106 valence electrons. The third kappa shape index (κ3) is 5.69. The summed E-state index contributed by atoms with van der Waals surface area (Å²) < 4.78 is 35.9. The minimum Gasteiger partial charge on any atom is -0.346 e. The monoisotopic (exact) mass is 275 g/mol. The van der Waals surface area contributed by atoms with Gasteiger partial charge in [0.05, 0.1) is 11.7 Å². The van der Waals surface area contributed by atoms with Crippen LogP contribution in [0.15, 0.2) is 24.4 Å². The number of halogens is 3. The van der Waals surface area contributed by atoms with Crippen LogP contribution in [0.4, 0.5) is 13.2 Å². The lowest BCUT2D eigenvalue weighted by molar-refractivity contribution is -0.139. The van der Waals surface area contributed by atoms with Crippen molar-refractivity contribution in [2.75, 3.05) is 6.54 Å². The fourth-order valence-electron chi connectivity index (χ4n) is 1.51. The average molecular weight is 275 g/mol. The van der Waals surface area contributed by atoms with Gasteiger partial charge in [0.2, 0.25) is 5.91 Å². The lowest BCUT2D eigenvalue weighted by atomic mass is 10.2. The summed E-state index contributed by atoms with van der Waals surface area (Å²) >= 11 is 0. The van der Waals surface area contributed by atoms with Gasteiger partial charge in [-0.2, -0.15) is 13.2 Å². The van der Waals surface area contributed by atoms with E-state index < -0.39 is 24.7 Å². The number of pyridine rings is 1. The highest BCUT2D eigenvalue weighted by Gasteiger charge is 2.28. The van der Waals surface area contributed by atoms with E-state index in [0.29, 0.717) is 0 Å². The zero-order valence-corrected chi connectivity index (χ0v) is 10.7. The maximum atomic E-state index is 12.0. The van der Waals surface area contributed by atoms with Crippen LogP contribution in [0.3, 0.4) is 0 Å². The summed E-state index contributed by atoms with van der Waals surface area (Å²) in [6.07, 6.45) is -2.79. The number of alkyl halides is 3. The van der Waals surface area contributed by atoms with Gasteiger partial charge < -0.3 is 5.32 Å². The molecule has 0 bridgehead atoms. The number of nitrogens with one attached hydrogen (secondary N) is 2. The first-order chi connectivity index (χ1) is 8.79. The third-order valence-electron chi connectivity index (χ3n) is 2.49. The molecule has 0 aliphatic rings. The second-order valence-electron chi connectivity index (χ2n) is 4.20. The van der Waals surface area contributed by atoms with Crippen LogP contribution in [0.25, 0.3) is 0 Å². The highest BCUT2D eigenvalue weighted by molar-refractivity contribution is 5.81. The Balaban J connectivity index is 2.46. The maximum absolute atomic E-state index is 12.0. The van der Waals surface area contributed by atoms with Gasteiger partial charge in [0.25, 0.3) is 0 Å². The third-order valence-corrected chi connectivity index (χ3v) is 2.49. The molecule has 19 heavy (non-hydrogen) atoms. The smallest absolute Gasteiger partial charge is 0.346 e. The van der Waals surface area contributed by atoms with Gasteiger partial charge >= 0.3 is 6.18 Å². The van der Waals surface area contributed by atoms with Crippen molar-refractivity contribution in [1.82, 2.24) is 15.6 Å². The van der Waals surface area contributed by atoms with Gasteiger partial charge in [0.15, 0.2) is 0 Å². The maximum Gasteiger partial charge on any atom is 0.405 e. The second-order valence-corrected chi connectivity index (χ2v) is 4.20. The summed E-state index contributed by atoms with van der Waals surface area (Å²) in [6.45, 7) is 1.97. The first-order valence-corrected chi connectivity index (χ1v) is 5.81. The van der Waals surface area contributed by atoms with Gasteiger partial charge in [-0.1, -0.05) is 6.07 Å². The normalized spacial score (nSPS) is 14.8. The predicted octanol–water partition coefficient (Wildman–Crippen LogP) is 1.80. The van der Waals surface area contributed by atoms with E-state index in [2.05, 4.69) is 10.3 Å². The molecule has 1 rings (SSSR count). The average Bonchev–Trinajstić information content (AvgIpc) is 2.36. The van der Waals surface area contributed by atoms with Crippen LogP contribution < -0.4 is 10.6 Å². The Morgan fingerprint density at radius 3 is 2.58 bits per heavy atom. The standard InChI is InChI=1S/C12H16F3N3O/c1-8(10-5-3-4-6-16-10)18-9(2)11(19)17-7-12(13,14)15/h3-6,8-9,18H,7H2,1-2H3,(H,17,19)/t8-,9?/m1/s1. The van der Waals surface area contributed by atoms with E-state index in [1.165, 1.54) is 6.92 Å². The molecule has 0 saturated heterocycles. The van der Waals surface area contributed by atoms with Gasteiger partial charge in [-0.3, -0.25) is 15.1 Å². The predicted molar refractivity (Wildman–Crippen MR) is 64.3 cm³/mol. The Morgan fingerprint density at radius 1 is 1.37 bits per heavy atom. The summed E-state index contributed by atoms with van der Waals surface area (Å²) in [5.41, 5.74) is 0.720. The van der Waals surface area contributed by atoms with Crippen molar-refractivity contribution in [3.05, 3.63) is 30.1 Å². The summed E-state index contributed by atoms with van der Waals surface area (Å²) in [4.78, 5) is 15.6. The molecular formula is C12H16F3N3O. The molecule has 1 aromatic heterocycles. The topological polar surface area (TPSA) is 54.0 Å². The fourth-order valence-corrected chi connectivity index (χ4v) is 1.51. The molecule has 0 aliphatic carbocycles. The van der Waals surface area contributed by atoms with Crippen molar-refractivity contribution in [1.29, 1.82) is 0 Å². The SMILES string of the molecule is CC(N[C@H](C)c1ccccn1)C(=O)NCC(F)(F)F. The van der Waals surface area contributed by atoms with Crippen LogP contribution in [-0.4, -0.2) is 29.7 Å². The largest absolute Gasteiger partial charge is 0.405 e. The highest BCUT2D eigenvalue weighted by atomic mass is 19.4. The molecule has 0 aromatic carbocycles. The second kappa shape index (κ2) is 6.51. The molecule has 0 spiro atoms. The Hall–Kier alpha value is -1.63. The van der Waals surface area contributed by atoms with E-state index >= 15 is 0 Å². The van der Waals surface area contributed by atoms with E-state index in [4.69, 9.17) is 0 Å². The number of carbonyl (C=O) groups is 1. The Bertz CT molecular complexity index is 408. The zero-order valence-electron chi connectivity index (χ0n) is 10.7. The molecule has 2 N–H and O–H groups in total. The van der Waals surface area contributed by atoms with E-state index in [-0.39, 0.29) is 6.04 Å². The van der Waals surface area contributed by atoms with Crippen LogP contribution in [0.5, 0.6) is 0 Å². The first-order valence-electron chi connectivity index (χ1n) is 5.81. The van der Waals surface area contributed by atoms with Crippen LogP contribution in [-0.2, 0) is 4.79 Å². The van der Waals surface area contributed by atoms with Crippen LogP contribution in [0, 0.1) is 0 Å². The van der Waals surface area contributed by atoms with Crippen molar-refractivity contribution in [3.63, 3.8) is 0 Å². The first kappa shape index (κ1) is 15.4. The number of hydrogen-bond donors (Lipinski definition) is 2.